The molecule has 8 heteroatoms. The molecule has 0 N–H and O–H groups in total. The van der Waals surface area contributed by atoms with Gasteiger partial charge in [-0.05, 0) is 59.3 Å². The third-order valence-electron chi connectivity index (χ3n) is 7.14. The first-order chi connectivity index (χ1) is 16.7. The Morgan fingerprint density at radius 3 is 2.06 bits per heavy atom. The van der Waals surface area contributed by atoms with Gasteiger partial charge in [-0.25, -0.2) is 9.59 Å². The quantitative estimate of drug-likeness (QED) is 0.447. The Balaban J connectivity index is 1.66. The van der Waals surface area contributed by atoms with Crippen molar-refractivity contribution in [2.75, 3.05) is 21.3 Å². The van der Waals surface area contributed by atoms with Gasteiger partial charge < -0.3 is 28.6 Å². The van der Waals surface area contributed by atoms with Crippen molar-refractivity contribution in [2.45, 2.75) is 115 Å². The molecule has 3 aliphatic carbocycles. The number of allylic oxidation sites excluding steroid dienone is 1. The minimum atomic E-state index is -0.529. The van der Waals surface area contributed by atoms with Gasteiger partial charge in [-0.1, -0.05) is 19.3 Å². The maximum atomic E-state index is 13.2. The highest BCUT2D eigenvalue weighted by molar-refractivity contribution is 5.91. The average Bonchev–Trinajstić information content (AvgIpc) is 2.83. The van der Waals surface area contributed by atoms with Gasteiger partial charge in [0, 0.05) is 31.7 Å². The van der Waals surface area contributed by atoms with Crippen LogP contribution in [0.1, 0.15) is 85.0 Å². The first-order valence-electron chi connectivity index (χ1n) is 12.9. The van der Waals surface area contributed by atoms with E-state index in [0.717, 1.165) is 38.5 Å². The fraction of sp³-hybridized carbons (Fsp3) is 0.778. The lowest BCUT2D eigenvalue weighted by Gasteiger charge is -2.43. The summed E-state index contributed by atoms with van der Waals surface area (Å²) in [5.74, 6) is 0.683. The standard InChI is InChI=1S/C27H43NO7/c1-27(2,3)35-26(30)28(18-10-8-7-9-11-18)19-12-14-20(15-13-19)34-25(29)24-22(32-5)16-21(31-4)17-23(24)33-6/h16,18-20,23H,7-15,17H2,1-6H3. The highest BCUT2D eigenvalue weighted by atomic mass is 16.6. The summed E-state index contributed by atoms with van der Waals surface area (Å²) in [5.41, 5.74) is -0.145. The van der Waals surface area contributed by atoms with E-state index in [9.17, 15) is 9.59 Å². The minimum absolute atomic E-state index is 0.102. The molecular formula is C27H43NO7. The van der Waals surface area contributed by atoms with Gasteiger partial charge in [-0.3, -0.25) is 0 Å². The molecular weight excluding hydrogens is 450 g/mol. The number of hydrogen-bond acceptors (Lipinski definition) is 7. The predicted molar refractivity (Wildman–Crippen MR) is 132 cm³/mol. The van der Waals surface area contributed by atoms with Gasteiger partial charge in [-0.2, -0.15) is 0 Å². The van der Waals surface area contributed by atoms with Gasteiger partial charge in [-0.15, -0.1) is 0 Å². The van der Waals surface area contributed by atoms with E-state index in [1.54, 1.807) is 20.3 Å². The third-order valence-corrected chi connectivity index (χ3v) is 7.14. The van der Waals surface area contributed by atoms with Crippen molar-refractivity contribution in [3.05, 3.63) is 23.2 Å². The number of esters is 1. The van der Waals surface area contributed by atoms with Crippen molar-refractivity contribution in [2.24, 2.45) is 0 Å². The number of carbonyl (C=O) groups is 2. The molecule has 2 fully saturated rings. The molecule has 0 aliphatic heterocycles. The Kier molecular flexibility index (Phi) is 9.50. The Bertz CT molecular complexity index is 799. The van der Waals surface area contributed by atoms with Gasteiger partial charge in [0.05, 0.1) is 20.3 Å². The molecule has 0 aromatic rings. The Hall–Kier alpha value is -2.22. The maximum Gasteiger partial charge on any atom is 0.410 e. The second-order valence-electron chi connectivity index (χ2n) is 10.7. The summed E-state index contributed by atoms with van der Waals surface area (Å²) >= 11 is 0. The van der Waals surface area contributed by atoms with Crippen molar-refractivity contribution < 1.29 is 33.3 Å². The number of hydrogen-bond donors (Lipinski definition) is 0. The molecule has 0 saturated heterocycles. The Labute approximate surface area is 209 Å². The smallest absolute Gasteiger partial charge is 0.410 e. The van der Waals surface area contributed by atoms with Crippen molar-refractivity contribution in [3.8, 4) is 0 Å². The highest BCUT2D eigenvalue weighted by Crippen LogP contribution is 2.34. The Morgan fingerprint density at radius 1 is 0.886 bits per heavy atom. The van der Waals surface area contributed by atoms with Crippen LogP contribution in [0.5, 0.6) is 0 Å². The lowest BCUT2D eigenvalue weighted by molar-refractivity contribution is -0.148. The lowest BCUT2D eigenvalue weighted by atomic mass is 9.87. The van der Waals surface area contributed by atoms with Crippen LogP contribution in [0.2, 0.25) is 0 Å². The fourth-order valence-corrected chi connectivity index (χ4v) is 5.40. The molecule has 0 radical (unpaired) electrons. The van der Waals surface area contributed by atoms with Crippen LogP contribution in [0.25, 0.3) is 0 Å². The molecule has 1 amide bonds. The van der Waals surface area contributed by atoms with E-state index < -0.39 is 17.7 Å². The van der Waals surface area contributed by atoms with E-state index in [4.69, 9.17) is 23.7 Å². The fourth-order valence-electron chi connectivity index (χ4n) is 5.40. The van der Waals surface area contributed by atoms with Crippen LogP contribution in [-0.4, -0.2) is 68.2 Å². The molecule has 3 aliphatic rings. The third kappa shape index (κ3) is 7.15. The van der Waals surface area contributed by atoms with E-state index in [-0.39, 0.29) is 24.3 Å². The molecule has 0 aromatic heterocycles. The zero-order valence-electron chi connectivity index (χ0n) is 22.3. The van der Waals surface area contributed by atoms with Crippen LogP contribution in [-0.2, 0) is 28.5 Å². The Morgan fingerprint density at radius 2 is 1.51 bits per heavy atom. The number of nitrogens with zero attached hydrogens (tertiary/aromatic N) is 1. The topological polar surface area (TPSA) is 83.5 Å². The van der Waals surface area contributed by atoms with Gasteiger partial charge in [0.15, 0.2) is 0 Å². The first-order valence-corrected chi connectivity index (χ1v) is 12.9. The lowest BCUT2D eigenvalue weighted by Crippen LogP contribution is -2.51. The summed E-state index contributed by atoms with van der Waals surface area (Å²) in [4.78, 5) is 28.3. The summed E-state index contributed by atoms with van der Waals surface area (Å²) in [5, 5.41) is 0. The molecule has 0 bridgehead atoms. The van der Waals surface area contributed by atoms with Gasteiger partial charge in [0.1, 0.15) is 28.8 Å². The zero-order chi connectivity index (χ0) is 25.6. The number of rotatable bonds is 7. The summed E-state index contributed by atoms with van der Waals surface area (Å²) in [6.45, 7) is 5.73. The molecule has 8 nitrogen and oxygen atoms in total. The second kappa shape index (κ2) is 12.2. The van der Waals surface area contributed by atoms with E-state index in [2.05, 4.69) is 0 Å². The van der Waals surface area contributed by atoms with Crippen molar-refractivity contribution in [3.63, 3.8) is 0 Å². The van der Waals surface area contributed by atoms with Gasteiger partial charge >= 0.3 is 12.1 Å². The van der Waals surface area contributed by atoms with E-state index in [0.29, 0.717) is 36.4 Å². The van der Waals surface area contributed by atoms with Crippen LogP contribution in [0.15, 0.2) is 23.2 Å². The average molecular weight is 494 g/mol. The van der Waals surface area contributed by atoms with Gasteiger partial charge in [0.2, 0.25) is 0 Å². The number of methoxy groups -OCH3 is 3. The molecule has 1 atom stereocenters. The van der Waals surface area contributed by atoms with Gasteiger partial charge in [0.25, 0.3) is 0 Å². The number of amides is 1. The predicted octanol–water partition coefficient (Wildman–Crippen LogP) is 5.26. The van der Waals surface area contributed by atoms with E-state index in [1.807, 2.05) is 25.7 Å². The normalized spacial score (nSPS) is 26.0. The van der Waals surface area contributed by atoms with Crippen LogP contribution in [0, 0.1) is 0 Å². The molecule has 2 saturated carbocycles. The monoisotopic (exact) mass is 493 g/mol. The second-order valence-corrected chi connectivity index (χ2v) is 10.7. The van der Waals surface area contributed by atoms with Crippen LogP contribution in [0.4, 0.5) is 4.79 Å². The first kappa shape index (κ1) is 27.4. The molecule has 0 heterocycles. The van der Waals surface area contributed by atoms with Crippen LogP contribution >= 0.6 is 0 Å². The summed E-state index contributed by atoms with van der Waals surface area (Å²) in [6.07, 6.45) is 9.80. The summed E-state index contributed by atoms with van der Waals surface area (Å²) in [6, 6.07) is 0.328. The molecule has 0 aromatic carbocycles. The van der Waals surface area contributed by atoms with Crippen molar-refractivity contribution in [1.29, 1.82) is 0 Å². The minimum Gasteiger partial charge on any atom is -0.501 e. The largest absolute Gasteiger partial charge is 0.501 e. The summed E-state index contributed by atoms with van der Waals surface area (Å²) in [7, 11) is 4.67. The van der Waals surface area contributed by atoms with Crippen molar-refractivity contribution in [1.82, 2.24) is 4.90 Å². The number of carbonyl (C=O) groups excluding carboxylic acids is 2. The number of ether oxygens (including phenoxy) is 5. The highest BCUT2D eigenvalue weighted by Gasteiger charge is 2.38. The van der Waals surface area contributed by atoms with E-state index in [1.165, 1.54) is 13.5 Å². The molecule has 3 rings (SSSR count). The molecule has 35 heavy (non-hydrogen) atoms. The van der Waals surface area contributed by atoms with Crippen LogP contribution in [0.3, 0.4) is 0 Å². The van der Waals surface area contributed by atoms with Crippen molar-refractivity contribution >= 4 is 12.1 Å². The molecule has 0 spiro atoms. The SMILES string of the molecule is COC1=CC(OC)=C(C(=O)OC2CCC(N(C(=O)OC(C)(C)C)C3CCCCC3)CC2)C(OC)C1. The van der Waals surface area contributed by atoms with E-state index >= 15 is 0 Å². The molecule has 1 unspecified atom stereocenters. The summed E-state index contributed by atoms with van der Waals surface area (Å²) < 4.78 is 28.0. The molecule has 198 valence electrons. The maximum absolute atomic E-state index is 13.2. The van der Waals surface area contributed by atoms with Crippen LogP contribution < -0.4 is 0 Å². The zero-order valence-corrected chi connectivity index (χ0v) is 22.3.